The Bertz CT molecular complexity index is 362. The number of hydrogen-bond donors (Lipinski definition) is 1. The second-order valence-corrected chi connectivity index (χ2v) is 6.85. The summed E-state index contributed by atoms with van der Waals surface area (Å²) in [7, 11) is 0. The van der Waals surface area contributed by atoms with Gasteiger partial charge in [0.05, 0.1) is 0 Å². The van der Waals surface area contributed by atoms with Crippen LogP contribution in [-0.4, -0.2) is 17.5 Å². The van der Waals surface area contributed by atoms with Gasteiger partial charge in [0.25, 0.3) is 0 Å². The SMILES string of the molecule is Cc1cccc(C)c1CC(N)CC1CCSCC1. The molecule has 0 aliphatic carbocycles. The lowest BCUT2D eigenvalue weighted by atomic mass is 9.89. The van der Waals surface area contributed by atoms with E-state index in [0.29, 0.717) is 6.04 Å². The smallest absolute Gasteiger partial charge is 0.00821 e. The van der Waals surface area contributed by atoms with Crippen LogP contribution in [0.5, 0.6) is 0 Å². The van der Waals surface area contributed by atoms with Crippen LogP contribution in [0, 0.1) is 19.8 Å². The van der Waals surface area contributed by atoms with Gasteiger partial charge in [-0.1, -0.05) is 18.2 Å². The lowest BCUT2D eigenvalue weighted by molar-refractivity contribution is 0.405. The van der Waals surface area contributed by atoms with Crippen LogP contribution in [0.3, 0.4) is 0 Å². The van der Waals surface area contributed by atoms with Gasteiger partial charge in [-0.3, -0.25) is 0 Å². The Morgan fingerprint density at radius 3 is 2.44 bits per heavy atom. The van der Waals surface area contributed by atoms with Crippen LogP contribution in [0.15, 0.2) is 18.2 Å². The minimum Gasteiger partial charge on any atom is -0.327 e. The molecule has 2 heteroatoms. The lowest BCUT2D eigenvalue weighted by Gasteiger charge is -2.25. The van der Waals surface area contributed by atoms with Crippen LogP contribution in [0.4, 0.5) is 0 Å². The molecule has 1 aromatic rings. The van der Waals surface area contributed by atoms with E-state index >= 15 is 0 Å². The number of aryl methyl sites for hydroxylation is 2. The van der Waals surface area contributed by atoms with Crippen molar-refractivity contribution in [3.8, 4) is 0 Å². The fourth-order valence-corrected chi connectivity index (χ4v) is 4.13. The predicted molar refractivity (Wildman–Crippen MR) is 82.3 cm³/mol. The molecule has 0 spiro atoms. The Kier molecular flexibility index (Phi) is 5.13. The molecular formula is C16H25NS. The number of thioether (sulfide) groups is 1. The zero-order valence-corrected chi connectivity index (χ0v) is 12.4. The van der Waals surface area contributed by atoms with Gasteiger partial charge < -0.3 is 5.73 Å². The summed E-state index contributed by atoms with van der Waals surface area (Å²) in [4.78, 5) is 0. The minimum atomic E-state index is 0.331. The van der Waals surface area contributed by atoms with Gasteiger partial charge in [0.2, 0.25) is 0 Å². The van der Waals surface area contributed by atoms with Gasteiger partial charge in [-0.25, -0.2) is 0 Å². The van der Waals surface area contributed by atoms with Crippen molar-refractivity contribution in [3.63, 3.8) is 0 Å². The van der Waals surface area contributed by atoms with E-state index in [-0.39, 0.29) is 0 Å². The molecule has 1 aromatic carbocycles. The highest BCUT2D eigenvalue weighted by molar-refractivity contribution is 7.99. The first-order chi connectivity index (χ1) is 8.66. The summed E-state index contributed by atoms with van der Waals surface area (Å²) in [5, 5.41) is 0. The molecule has 1 aliphatic rings. The molecule has 2 N–H and O–H groups in total. The van der Waals surface area contributed by atoms with Gasteiger partial charge in [-0.05, 0) is 73.6 Å². The topological polar surface area (TPSA) is 26.0 Å². The van der Waals surface area contributed by atoms with Crippen LogP contribution < -0.4 is 5.73 Å². The van der Waals surface area contributed by atoms with Gasteiger partial charge in [-0.15, -0.1) is 0 Å². The van der Waals surface area contributed by atoms with Crippen molar-refractivity contribution in [1.82, 2.24) is 0 Å². The molecular weight excluding hydrogens is 238 g/mol. The summed E-state index contributed by atoms with van der Waals surface area (Å²) in [6, 6.07) is 6.87. The highest BCUT2D eigenvalue weighted by atomic mass is 32.2. The number of rotatable bonds is 4. The highest BCUT2D eigenvalue weighted by Gasteiger charge is 2.18. The van der Waals surface area contributed by atoms with Gasteiger partial charge >= 0.3 is 0 Å². The molecule has 0 amide bonds. The largest absolute Gasteiger partial charge is 0.327 e. The average Bonchev–Trinajstić information content (AvgIpc) is 2.35. The van der Waals surface area contributed by atoms with E-state index in [0.717, 1.165) is 12.3 Å². The lowest BCUT2D eigenvalue weighted by Crippen LogP contribution is -2.28. The average molecular weight is 263 g/mol. The maximum Gasteiger partial charge on any atom is 0.00821 e. The fraction of sp³-hybridized carbons (Fsp3) is 0.625. The highest BCUT2D eigenvalue weighted by Crippen LogP contribution is 2.27. The van der Waals surface area contributed by atoms with Crippen molar-refractivity contribution in [1.29, 1.82) is 0 Å². The van der Waals surface area contributed by atoms with E-state index in [9.17, 15) is 0 Å². The van der Waals surface area contributed by atoms with Crippen LogP contribution in [-0.2, 0) is 6.42 Å². The van der Waals surface area contributed by atoms with Gasteiger partial charge in [0.1, 0.15) is 0 Å². The number of benzene rings is 1. The molecule has 1 atom stereocenters. The Morgan fingerprint density at radius 1 is 1.22 bits per heavy atom. The molecule has 18 heavy (non-hydrogen) atoms. The van der Waals surface area contributed by atoms with Crippen molar-refractivity contribution in [3.05, 3.63) is 34.9 Å². The third-order valence-electron chi connectivity index (χ3n) is 4.09. The maximum atomic E-state index is 6.37. The Hall–Kier alpha value is -0.470. The third kappa shape index (κ3) is 3.76. The van der Waals surface area contributed by atoms with Crippen molar-refractivity contribution < 1.29 is 0 Å². The molecule has 1 aliphatic heterocycles. The van der Waals surface area contributed by atoms with E-state index in [2.05, 4.69) is 43.8 Å². The Morgan fingerprint density at radius 2 is 1.83 bits per heavy atom. The van der Waals surface area contributed by atoms with Crippen LogP contribution in [0.25, 0.3) is 0 Å². The number of hydrogen-bond acceptors (Lipinski definition) is 2. The van der Waals surface area contributed by atoms with Crippen molar-refractivity contribution in [2.45, 2.75) is 45.6 Å². The monoisotopic (exact) mass is 263 g/mol. The predicted octanol–water partition coefficient (Wildman–Crippen LogP) is 3.71. The second-order valence-electron chi connectivity index (χ2n) is 5.63. The zero-order valence-electron chi connectivity index (χ0n) is 11.6. The summed E-state index contributed by atoms with van der Waals surface area (Å²) >= 11 is 2.09. The minimum absolute atomic E-state index is 0.331. The van der Waals surface area contributed by atoms with Crippen molar-refractivity contribution >= 4 is 11.8 Å². The quantitative estimate of drug-likeness (QED) is 0.896. The van der Waals surface area contributed by atoms with Gasteiger partial charge in [0.15, 0.2) is 0 Å². The van der Waals surface area contributed by atoms with E-state index in [4.69, 9.17) is 5.73 Å². The maximum absolute atomic E-state index is 6.37. The van der Waals surface area contributed by atoms with E-state index < -0.39 is 0 Å². The Labute approximate surface area is 116 Å². The van der Waals surface area contributed by atoms with E-state index in [1.807, 2.05) is 0 Å². The summed E-state index contributed by atoms with van der Waals surface area (Å²) in [5.74, 6) is 3.53. The normalized spacial score (nSPS) is 18.8. The molecule has 0 aromatic heterocycles. The number of nitrogens with two attached hydrogens (primary N) is 1. The van der Waals surface area contributed by atoms with Crippen LogP contribution in [0.1, 0.15) is 36.0 Å². The third-order valence-corrected chi connectivity index (χ3v) is 5.14. The fourth-order valence-electron chi connectivity index (χ4n) is 2.93. The molecule has 2 rings (SSSR count). The summed E-state index contributed by atoms with van der Waals surface area (Å²) < 4.78 is 0. The van der Waals surface area contributed by atoms with E-state index in [1.54, 1.807) is 0 Å². The van der Waals surface area contributed by atoms with Crippen LogP contribution >= 0.6 is 11.8 Å². The summed E-state index contributed by atoms with van der Waals surface area (Å²) in [5.41, 5.74) is 10.6. The molecule has 1 saturated heterocycles. The molecule has 0 saturated carbocycles. The molecule has 1 heterocycles. The zero-order chi connectivity index (χ0) is 13.0. The Balaban J connectivity index is 1.92. The standard InChI is InChI=1S/C16H25NS/c1-12-4-3-5-13(2)16(12)11-15(17)10-14-6-8-18-9-7-14/h3-5,14-15H,6-11,17H2,1-2H3. The first-order valence-electron chi connectivity index (χ1n) is 7.05. The van der Waals surface area contributed by atoms with Crippen molar-refractivity contribution in [2.75, 3.05) is 11.5 Å². The van der Waals surface area contributed by atoms with Gasteiger partial charge in [0, 0.05) is 6.04 Å². The summed E-state index contributed by atoms with van der Waals surface area (Å²) in [6.45, 7) is 4.40. The second kappa shape index (κ2) is 6.63. The van der Waals surface area contributed by atoms with Gasteiger partial charge in [-0.2, -0.15) is 11.8 Å². The van der Waals surface area contributed by atoms with Crippen molar-refractivity contribution in [2.24, 2.45) is 11.7 Å². The molecule has 0 radical (unpaired) electrons. The molecule has 100 valence electrons. The molecule has 0 bridgehead atoms. The molecule has 1 unspecified atom stereocenters. The van der Waals surface area contributed by atoms with E-state index in [1.165, 1.54) is 47.5 Å². The van der Waals surface area contributed by atoms with Crippen LogP contribution in [0.2, 0.25) is 0 Å². The summed E-state index contributed by atoms with van der Waals surface area (Å²) in [6.07, 6.45) is 4.98. The molecule has 1 fully saturated rings. The first kappa shape index (κ1) is 14.0. The first-order valence-corrected chi connectivity index (χ1v) is 8.20. The molecule has 1 nitrogen and oxygen atoms in total.